The van der Waals surface area contributed by atoms with Crippen molar-refractivity contribution in [1.82, 2.24) is 10.2 Å². The Kier molecular flexibility index (Phi) is 7.44. The lowest BCUT2D eigenvalue weighted by molar-refractivity contribution is -0.144. The minimum atomic E-state index is -1.19. The van der Waals surface area contributed by atoms with Crippen LogP contribution in [0.3, 0.4) is 0 Å². The highest BCUT2D eigenvalue weighted by Crippen LogP contribution is 2.39. The number of amides is 2. The van der Waals surface area contributed by atoms with Crippen LogP contribution < -0.4 is 5.32 Å². The fraction of sp³-hybridized carbons (Fsp3) is 0.750. The number of nitrogens with zero attached hydrogens (tertiary/aromatic N) is 1. The van der Waals surface area contributed by atoms with Crippen LogP contribution in [0.25, 0.3) is 0 Å². The van der Waals surface area contributed by atoms with Crippen molar-refractivity contribution < 1.29 is 23.5 Å². The number of hydrogen-bond donors (Lipinski definition) is 1. The van der Waals surface area contributed by atoms with Gasteiger partial charge in [0.1, 0.15) is 12.4 Å². The van der Waals surface area contributed by atoms with Crippen LogP contribution in [0.5, 0.6) is 0 Å². The zero-order chi connectivity index (χ0) is 21.1. The summed E-state index contributed by atoms with van der Waals surface area (Å²) >= 11 is 0. The lowest BCUT2D eigenvalue weighted by Crippen LogP contribution is -2.64. The Morgan fingerprint density at radius 1 is 1.36 bits per heavy atom. The normalized spacial score (nSPS) is 23.5. The predicted octanol–water partition coefficient (Wildman–Crippen LogP) is 1.98. The van der Waals surface area contributed by atoms with E-state index in [9.17, 15) is 14.4 Å². The SMILES string of the molecule is C=CCOC(=O)N1CC(C(=O)C[C@H]2NC(=O)[C@H]2[C@@H](CO[SiH](C)C)C(C)(C)C)C1. The zero-order valence-electron chi connectivity index (χ0n) is 17.7. The summed E-state index contributed by atoms with van der Waals surface area (Å²) in [7, 11) is -1.19. The van der Waals surface area contributed by atoms with Gasteiger partial charge in [-0.15, -0.1) is 0 Å². The topological polar surface area (TPSA) is 84.9 Å². The number of β-lactam (4-membered cyclic amide) rings is 1. The molecule has 0 aromatic carbocycles. The third-order valence-electron chi connectivity index (χ3n) is 5.56. The van der Waals surface area contributed by atoms with Crippen molar-refractivity contribution >= 4 is 26.8 Å². The first-order valence-electron chi connectivity index (χ1n) is 10.0. The van der Waals surface area contributed by atoms with Crippen molar-refractivity contribution in [3.8, 4) is 0 Å². The van der Waals surface area contributed by atoms with Crippen molar-refractivity contribution in [2.45, 2.75) is 46.3 Å². The van der Waals surface area contributed by atoms with Gasteiger partial charge in [0, 0.05) is 32.2 Å². The summed E-state index contributed by atoms with van der Waals surface area (Å²) in [5, 5.41) is 2.91. The highest BCUT2D eigenvalue weighted by molar-refractivity contribution is 6.48. The molecule has 2 rings (SSSR count). The van der Waals surface area contributed by atoms with Crippen LogP contribution >= 0.6 is 0 Å². The van der Waals surface area contributed by atoms with Crippen LogP contribution in [0, 0.1) is 23.2 Å². The van der Waals surface area contributed by atoms with Crippen molar-refractivity contribution in [3.63, 3.8) is 0 Å². The van der Waals surface area contributed by atoms with Gasteiger partial charge in [0.25, 0.3) is 0 Å². The van der Waals surface area contributed by atoms with Crippen LogP contribution in [0.1, 0.15) is 27.2 Å². The second-order valence-corrected chi connectivity index (χ2v) is 11.6. The second-order valence-electron chi connectivity index (χ2n) is 9.13. The summed E-state index contributed by atoms with van der Waals surface area (Å²) in [5.74, 6) is -0.211. The first-order chi connectivity index (χ1) is 13.0. The van der Waals surface area contributed by atoms with E-state index in [0.717, 1.165) is 0 Å². The molecule has 2 amide bonds. The van der Waals surface area contributed by atoms with E-state index in [1.54, 1.807) is 0 Å². The molecular formula is C20H34N2O5Si. The first-order valence-corrected chi connectivity index (χ1v) is 12.8. The monoisotopic (exact) mass is 410 g/mol. The Balaban J connectivity index is 1.89. The minimum absolute atomic E-state index is 0.00925. The summed E-state index contributed by atoms with van der Waals surface area (Å²) in [6, 6.07) is -0.150. The van der Waals surface area contributed by atoms with Crippen LogP contribution in [0.15, 0.2) is 12.7 Å². The van der Waals surface area contributed by atoms with E-state index in [2.05, 4.69) is 45.8 Å². The molecule has 2 saturated heterocycles. The standard InChI is InChI=1S/C20H34N2O5Si/c1-7-8-26-19(25)22-10-13(11-22)16(23)9-15-17(18(24)21-15)14(20(2,3)4)12-27-28(5)6/h7,13-15,17,28H,1,8-12H2,2-6H3,(H,21,24)/t14-,15-,17+/m1/s1. The van der Waals surface area contributed by atoms with Crippen LogP contribution in [0.4, 0.5) is 4.79 Å². The minimum Gasteiger partial charge on any atom is -0.445 e. The summed E-state index contributed by atoms with van der Waals surface area (Å²) in [4.78, 5) is 38.2. The molecule has 7 nitrogen and oxygen atoms in total. The van der Waals surface area contributed by atoms with Crippen molar-refractivity contribution in [2.75, 3.05) is 26.3 Å². The van der Waals surface area contributed by atoms with Gasteiger partial charge in [0.2, 0.25) is 5.91 Å². The predicted molar refractivity (Wildman–Crippen MR) is 109 cm³/mol. The van der Waals surface area contributed by atoms with Gasteiger partial charge in [-0.3, -0.25) is 9.59 Å². The number of ketones is 1. The largest absolute Gasteiger partial charge is 0.445 e. The fourth-order valence-corrected chi connectivity index (χ4v) is 4.31. The molecule has 0 radical (unpaired) electrons. The summed E-state index contributed by atoms with van der Waals surface area (Å²) < 4.78 is 10.9. The number of carbonyl (C=O) groups excluding carboxylic acids is 3. The molecule has 3 atom stereocenters. The molecule has 2 heterocycles. The fourth-order valence-electron chi connectivity index (χ4n) is 3.72. The molecule has 8 heteroatoms. The van der Waals surface area contributed by atoms with Gasteiger partial charge in [-0.25, -0.2) is 4.79 Å². The molecule has 2 aliphatic heterocycles. The highest BCUT2D eigenvalue weighted by atomic mass is 28.3. The van der Waals surface area contributed by atoms with E-state index in [1.165, 1.54) is 11.0 Å². The molecular weight excluding hydrogens is 376 g/mol. The molecule has 0 unspecified atom stereocenters. The zero-order valence-corrected chi connectivity index (χ0v) is 18.8. The van der Waals surface area contributed by atoms with Crippen LogP contribution in [0.2, 0.25) is 13.1 Å². The Morgan fingerprint density at radius 3 is 2.50 bits per heavy atom. The van der Waals surface area contributed by atoms with E-state index >= 15 is 0 Å². The van der Waals surface area contributed by atoms with Gasteiger partial charge in [-0.2, -0.15) is 0 Å². The highest BCUT2D eigenvalue weighted by Gasteiger charge is 2.50. The maximum Gasteiger partial charge on any atom is 0.410 e. The van der Waals surface area contributed by atoms with Crippen molar-refractivity contribution in [3.05, 3.63) is 12.7 Å². The Hall–Kier alpha value is -1.67. The average molecular weight is 411 g/mol. The van der Waals surface area contributed by atoms with Gasteiger partial charge < -0.3 is 19.4 Å². The van der Waals surface area contributed by atoms with Crippen molar-refractivity contribution in [2.24, 2.45) is 23.2 Å². The van der Waals surface area contributed by atoms with E-state index in [1.807, 2.05) is 0 Å². The molecule has 28 heavy (non-hydrogen) atoms. The third-order valence-corrected chi connectivity index (χ3v) is 6.42. The molecule has 1 N–H and O–H groups in total. The molecule has 0 aromatic rings. The molecule has 0 bridgehead atoms. The lowest BCUT2D eigenvalue weighted by atomic mass is 9.66. The molecule has 2 aliphatic rings. The van der Waals surface area contributed by atoms with Crippen LogP contribution in [-0.4, -0.2) is 64.1 Å². The summed E-state index contributed by atoms with van der Waals surface area (Å²) in [5.41, 5.74) is -0.0881. The number of hydrogen-bond acceptors (Lipinski definition) is 5. The van der Waals surface area contributed by atoms with Crippen molar-refractivity contribution in [1.29, 1.82) is 0 Å². The number of carbonyl (C=O) groups is 3. The molecule has 0 saturated carbocycles. The Labute approximate surface area is 169 Å². The summed E-state index contributed by atoms with van der Waals surface area (Å²) in [6.07, 6.45) is 1.40. The molecule has 0 aromatic heterocycles. The van der Waals surface area contributed by atoms with Gasteiger partial charge in [-0.05, 0) is 24.4 Å². The van der Waals surface area contributed by atoms with E-state index in [-0.39, 0.29) is 47.5 Å². The number of rotatable bonds is 9. The van der Waals surface area contributed by atoms with E-state index in [4.69, 9.17) is 9.16 Å². The maximum absolute atomic E-state index is 12.6. The number of likely N-dealkylation sites (tertiary alicyclic amines) is 1. The van der Waals surface area contributed by atoms with Gasteiger partial charge in [0.15, 0.2) is 9.04 Å². The molecule has 0 spiro atoms. The number of Topliss-reactive ketones (excluding diaryl/α,β-unsaturated/α-hetero) is 1. The smallest absolute Gasteiger partial charge is 0.410 e. The lowest BCUT2D eigenvalue weighted by Gasteiger charge is -2.47. The maximum atomic E-state index is 12.6. The van der Waals surface area contributed by atoms with Gasteiger partial charge >= 0.3 is 6.09 Å². The van der Waals surface area contributed by atoms with E-state index in [0.29, 0.717) is 26.1 Å². The van der Waals surface area contributed by atoms with Gasteiger partial charge in [0.05, 0.1) is 11.8 Å². The number of ether oxygens (including phenoxy) is 1. The third kappa shape index (κ3) is 5.44. The summed E-state index contributed by atoms with van der Waals surface area (Å²) in [6.45, 7) is 15.6. The second kappa shape index (κ2) is 9.22. The Morgan fingerprint density at radius 2 is 2.00 bits per heavy atom. The van der Waals surface area contributed by atoms with Gasteiger partial charge in [-0.1, -0.05) is 33.4 Å². The van der Waals surface area contributed by atoms with E-state index < -0.39 is 15.1 Å². The number of nitrogens with one attached hydrogen (secondary N) is 1. The molecule has 158 valence electrons. The Bertz CT molecular complexity index is 610. The average Bonchev–Trinajstić information content (AvgIpc) is 2.53. The van der Waals surface area contributed by atoms with Crippen LogP contribution in [-0.2, 0) is 18.8 Å². The molecule has 2 fully saturated rings. The quantitative estimate of drug-likeness (QED) is 0.357. The molecule has 0 aliphatic carbocycles. The first kappa shape index (κ1) is 22.6.